The molecule has 0 aliphatic heterocycles. The van der Waals surface area contributed by atoms with Crippen molar-refractivity contribution in [3.05, 3.63) is 69.8 Å². The van der Waals surface area contributed by atoms with Gasteiger partial charge in [-0.1, -0.05) is 47.1 Å². The molecule has 2 aromatic heterocycles. The molecule has 0 saturated heterocycles. The van der Waals surface area contributed by atoms with Crippen molar-refractivity contribution in [2.24, 2.45) is 0 Å². The molecule has 8 heteroatoms. The number of ether oxygens (including phenoxy) is 1. The van der Waals surface area contributed by atoms with Crippen LogP contribution in [0.4, 0.5) is 0 Å². The molecular weight excluding hydrogens is 447 g/mol. The number of nitrogens with zero attached hydrogens (tertiary/aromatic N) is 2. The van der Waals surface area contributed by atoms with E-state index in [1.54, 1.807) is 36.6 Å². The standard InChI is InChI=1S/C21H14Cl2N2O2S2/c1-27-14-5-2-12(3-6-14)16-9-28-20-19(16)21(25-11-24-20)29-10-18(26)15-7-4-13(22)8-17(15)23/h2-9,11H,10H2,1H3. The fourth-order valence-electron chi connectivity index (χ4n) is 2.87. The van der Waals surface area contributed by atoms with Crippen molar-refractivity contribution in [1.82, 2.24) is 9.97 Å². The number of thioether (sulfide) groups is 1. The molecule has 0 radical (unpaired) electrons. The average Bonchev–Trinajstić information content (AvgIpc) is 3.17. The number of hydrogen-bond donors (Lipinski definition) is 0. The minimum atomic E-state index is -0.0790. The van der Waals surface area contributed by atoms with Gasteiger partial charge in [0.05, 0.1) is 23.3 Å². The van der Waals surface area contributed by atoms with Gasteiger partial charge in [0.25, 0.3) is 0 Å². The minimum Gasteiger partial charge on any atom is -0.497 e. The Hall–Kier alpha value is -2.12. The van der Waals surface area contributed by atoms with Crippen LogP contribution in [0.5, 0.6) is 5.75 Å². The molecule has 0 spiro atoms. The third-order valence-corrected chi connectivity index (χ3v) is 6.73. The molecule has 2 aromatic carbocycles. The molecule has 29 heavy (non-hydrogen) atoms. The van der Waals surface area contributed by atoms with Gasteiger partial charge in [-0.3, -0.25) is 4.79 Å². The first-order chi connectivity index (χ1) is 14.1. The van der Waals surface area contributed by atoms with E-state index in [9.17, 15) is 4.79 Å². The average molecular weight is 461 g/mol. The molecule has 4 rings (SSSR count). The van der Waals surface area contributed by atoms with Crippen LogP contribution in [0.3, 0.4) is 0 Å². The number of benzene rings is 2. The molecule has 0 amide bonds. The SMILES string of the molecule is COc1ccc(-c2csc3ncnc(SCC(=O)c4ccc(Cl)cc4Cl)c23)cc1. The lowest BCUT2D eigenvalue weighted by Gasteiger charge is -2.07. The Morgan fingerprint density at radius 1 is 1.14 bits per heavy atom. The summed E-state index contributed by atoms with van der Waals surface area (Å²) >= 11 is 15.0. The highest BCUT2D eigenvalue weighted by atomic mass is 35.5. The summed E-state index contributed by atoms with van der Waals surface area (Å²) in [6, 6.07) is 12.7. The van der Waals surface area contributed by atoms with Gasteiger partial charge in [-0.05, 0) is 35.9 Å². The van der Waals surface area contributed by atoms with E-state index < -0.39 is 0 Å². The Morgan fingerprint density at radius 2 is 1.93 bits per heavy atom. The molecule has 2 heterocycles. The summed E-state index contributed by atoms with van der Waals surface area (Å²) in [7, 11) is 1.64. The number of methoxy groups -OCH3 is 1. The molecule has 0 saturated carbocycles. The van der Waals surface area contributed by atoms with Crippen molar-refractivity contribution >= 4 is 62.3 Å². The summed E-state index contributed by atoms with van der Waals surface area (Å²) in [6.07, 6.45) is 1.53. The van der Waals surface area contributed by atoms with Crippen LogP contribution in [0.2, 0.25) is 10.0 Å². The lowest BCUT2D eigenvalue weighted by molar-refractivity contribution is 0.102. The van der Waals surface area contributed by atoms with Gasteiger partial charge in [-0.25, -0.2) is 9.97 Å². The zero-order chi connectivity index (χ0) is 20.4. The number of hydrogen-bond acceptors (Lipinski definition) is 6. The third kappa shape index (κ3) is 4.26. The summed E-state index contributed by atoms with van der Waals surface area (Å²) in [6.45, 7) is 0. The number of thiophene rings is 1. The van der Waals surface area contributed by atoms with Gasteiger partial charge >= 0.3 is 0 Å². The van der Waals surface area contributed by atoms with E-state index >= 15 is 0 Å². The number of halogens is 2. The topological polar surface area (TPSA) is 52.1 Å². The Kier molecular flexibility index (Phi) is 6.06. The van der Waals surface area contributed by atoms with Crippen molar-refractivity contribution < 1.29 is 9.53 Å². The first-order valence-corrected chi connectivity index (χ1v) is 11.2. The van der Waals surface area contributed by atoms with E-state index in [2.05, 4.69) is 15.3 Å². The zero-order valence-electron chi connectivity index (χ0n) is 15.2. The summed E-state index contributed by atoms with van der Waals surface area (Å²) in [5, 5.41) is 4.62. The van der Waals surface area contributed by atoms with Crippen molar-refractivity contribution in [3.8, 4) is 16.9 Å². The molecular formula is C21H14Cl2N2O2S2. The molecule has 0 fully saturated rings. The molecule has 4 nitrogen and oxygen atoms in total. The van der Waals surface area contributed by atoms with E-state index in [0.717, 1.165) is 32.1 Å². The Morgan fingerprint density at radius 3 is 2.66 bits per heavy atom. The second kappa shape index (κ2) is 8.71. The van der Waals surface area contributed by atoms with Gasteiger partial charge in [-0.15, -0.1) is 11.3 Å². The molecule has 0 aliphatic rings. The molecule has 0 N–H and O–H groups in total. The number of rotatable bonds is 6. The van der Waals surface area contributed by atoms with Gasteiger partial charge in [-0.2, -0.15) is 0 Å². The van der Waals surface area contributed by atoms with Gasteiger partial charge in [0.2, 0.25) is 0 Å². The monoisotopic (exact) mass is 460 g/mol. The highest BCUT2D eigenvalue weighted by Gasteiger charge is 2.16. The normalized spacial score (nSPS) is 11.0. The van der Waals surface area contributed by atoms with Crippen LogP contribution in [-0.4, -0.2) is 28.6 Å². The first kappa shape index (κ1) is 20.2. The number of carbonyl (C=O) groups excluding carboxylic acids is 1. The van der Waals surface area contributed by atoms with E-state index in [1.165, 1.54) is 18.1 Å². The number of ketones is 1. The van der Waals surface area contributed by atoms with Crippen LogP contribution in [0, 0.1) is 0 Å². The van der Waals surface area contributed by atoms with Gasteiger partial charge in [0.1, 0.15) is 21.9 Å². The van der Waals surface area contributed by atoms with Crippen LogP contribution in [0.25, 0.3) is 21.3 Å². The van der Waals surface area contributed by atoms with Crippen molar-refractivity contribution in [2.75, 3.05) is 12.9 Å². The minimum absolute atomic E-state index is 0.0790. The summed E-state index contributed by atoms with van der Waals surface area (Å²) in [4.78, 5) is 22.3. The maximum Gasteiger partial charge on any atom is 0.174 e. The Bertz CT molecular complexity index is 1190. The predicted octanol–water partition coefficient (Wildman–Crippen LogP) is 6.65. The van der Waals surface area contributed by atoms with Crippen LogP contribution in [0.1, 0.15) is 10.4 Å². The maximum absolute atomic E-state index is 12.6. The van der Waals surface area contributed by atoms with Crippen molar-refractivity contribution in [2.45, 2.75) is 5.03 Å². The van der Waals surface area contributed by atoms with Gasteiger partial charge < -0.3 is 4.74 Å². The second-order valence-corrected chi connectivity index (χ2v) is 8.74. The van der Waals surface area contributed by atoms with Gasteiger partial charge in [0, 0.05) is 21.5 Å². The summed E-state index contributed by atoms with van der Waals surface area (Å²) in [5.74, 6) is 0.931. The summed E-state index contributed by atoms with van der Waals surface area (Å²) < 4.78 is 5.24. The van der Waals surface area contributed by atoms with E-state index in [0.29, 0.717) is 15.6 Å². The van der Waals surface area contributed by atoms with E-state index in [-0.39, 0.29) is 11.5 Å². The van der Waals surface area contributed by atoms with Gasteiger partial charge in [0.15, 0.2) is 5.78 Å². The maximum atomic E-state index is 12.6. The molecule has 4 aromatic rings. The van der Waals surface area contributed by atoms with Crippen LogP contribution in [-0.2, 0) is 0 Å². The number of fused-ring (bicyclic) bond motifs is 1. The largest absolute Gasteiger partial charge is 0.497 e. The lowest BCUT2D eigenvalue weighted by atomic mass is 10.1. The molecule has 0 aliphatic carbocycles. The number of aromatic nitrogens is 2. The fourth-order valence-corrected chi connectivity index (χ4v) is 5.26. The zero-order valence-corrected chi connectivity index (χ0v) is 18.3. The number of Topliss-reactive ketones (excluding diaryl/α,β-unsaturated/α-hetero) is 1. The second-order valence-electron chi connectivity index (χ2n) is 6.07. The highest BCUT2D eigenvalue weighted by molar-refractivity contribution is 8.00. The van der Waals surface area contributed by atoms with Crippen LogP contribution < -0.4 is 4.74 Å². The fraction of sp³-hybridized carbons (Fsp3) is 0.0952. The number of carbonyl (C=O) groups is 1. The van der Waals surface area contributed by atoms with Crippen molar-refractivity contribution in [1.29, 1.82) is 0 Å². The van der Waals surface area contributed by atoms with Crippen LogP contribution >= 0.6 is 46.3 Å². The summed E-state index contributed by atoms with van der Waals surface area (Å²) in [5.41, 5.74) is 2.53. The third-order valence-electron chi connectivity index (χ3n) is 4.31. The smallest absolute Gasteiger partial charge is 0.174 e. The Labute approximate surface area is 185 Å². The Balaban J connectivity index is 1.63. The molecule has 146 valence electrons. The van der Waals surface area contributed by atoms with E-state index in [1.807, 2.05) is 24.3 Å². The highest BCUT2D eigenvalue weighted by Crippen LogP contribution is 2.38. The quantitative estimate of drug-likeness (QED) is 0.183. The lowest BCUT2D eigenvalue weighted by Crippen LogP contribution is -2.03. The molecule has 0 atom stereocenters. The van der Waals surface area contributed by atoms with E-state index in [4.69, 9.17) is 27.9 Å². The molecule has 0 unspecified atom stereocenters. The first-order valence-electron chi connectivity index (χ1n) is 8.54. The van der Waals surface area contributed by atoms with Crippen LogP contribution in [0.15, 0.2) is 59.2 Å². The predicted molar refractivity (Wildman–Crippen MR) is 121 cm³/mol. The van der Waals surface area contributed by atoms with Crippen molar-refractivity contribution in [3.63, 3.8) is 0 Å². The molecule has 0 bridgehead atoms.